The van der Waals surface area contributed by atoms with Crippen molar-refractivity contribution >= 4 is 15.7 Å². The van der Waals surface area contributed by atoms with Gasteiger partial charge >= 0.3 is 0 Å². The van der Waals surface area contributed by atoms with Crippen LogP contribution in [0.1, 0.15) is 0 Å². The maximum Gasteiger partial charge on any atom is 0.246 e. The summed E-state index contributed by atoms with van der Waals surface area (Å²) in [4.78, 5) is 2.35. The summed E-state index contributed by atoms with van der Waals surface area (Å²) in [6.07, 6.45) is 1.54. The van der Waals surface area contributed by atoms with Gasteiger partial charge in [0.2, 0.25) is 10.0 Å². The van der Waals surface area contributed by atoms with E-state index in [1.807, 2.05) is 30.3 Å². The minimum Gasteiger partial charge on any atom is -0.495 e. The highest BCUT2D eigenvalue weighted by atomic mass is 32.2. The second-order valence-electron chi connectivity index (χ2n) is 6.47. The molecule has 0 unspecified atom stereocenters. The zero-order valence-electron chi connectivity index (χ0n) is 15.5. The molecule has 0 amide bonds. The third-order valence-electron chi connectivity index (χ3n) is 4.86. The largest absolute Gasteiger partial charge is 0.495 e. The number of anilines is 1. The topological polar surface area (TPSA) is 75.9 Å². The number of nitrogens with zero attached hydrogens (tertiary/aromatic N) is 3. The van der Waals surface area contributed by atoms with Crippen molar-refractivity contribution in [1.82, 2.24) is 9.46 Å². The van der Waals surface area contributed by atoms with Gasteiger partial charge in [-0.15, -0.1) is 0 Å². The standard InChI is InChI=1S/C20H21N3O4S/c1-26-19-15-16(18-9-10-21-27-18)7-8-20(19)28(24,25)23-13-11-22(12-14-23)17-5-3-2-4-6-17/h2-10,15H,11-14H2,1H3. The Morgan fingerprint density at radius 2 is 1.75 bits per heavy atom. The number of hydrogen-bond acceptors (Lipinski definition) is 6. The highest BCUT2D eigenvalue weighted by molar-refractivity contribution is 7.89. The van der Waals surface area contributed by atoms with Gasteiger partial charge in [-0.1, -0.05) is 23.4 Å². The average molecular weight is 399 g/mol. The van der Waals surface area contributed by atoms with Crippen LogP contribution in [0.25, 0.3) is 11.3 Å². The van der Waals surface area contributed by atoms with Crippen LogP contribution in [0.5, 0.6) is 5.75 Å². The Balaban J connectivity index is 1.55. The maximum absolute atomic E-state index is 13.2. The van der Waals surface area contributed by atoms with Crippen LogP contribution in [0.2, 0.25) is 0 Å². The Hall–Kier alpha value is -2.84. The summed E-state index contributed by atoms with van der Waals surface area (Å²) in [5.74, 6) is 0.845. The zero-order chi connectivity index (χ0) is 19.6. The quantitative estimate of drug-likeness (QED) is 0.657. The highest BCUT2D eigenvalue weighted by Crippen LogP contribution is 2.32. The number of para-hydroxylation sites is 1. The van der Waals surface area contributed by atoms with Gasteiger partial charge in [0.15, 0.2) is 5.76 Å². The predicted octanol–water partition coefficient (Wildman–Crippen LogP) is 2.86. The lowest BCUT2D eigenvalue weighted by Gasteiger charge is -2.35. The van der Waals surface area contributed by atoms with E-state index < -0.39 is 10.0 Å². The summed E-state index contributed by atoms with van der Waals surface area (Å²) >= 11 is 0. The minimum absolute atomic E-state index is 0.159. The first-order chi connectivity index (χ1) is 13.6. The summed E-state index contributed by atoms with van der Waals surface area (Å²) in [5.41, 5.74) is 1.82. The van der Waals surface area contributed by atoms with Crippen LogP contribution in [0, 0.1) is 0 Å². The van der Waals surface area contributed by atoms with Crippen molar-refractivity contribution in [3.63, 3.8) is 0 Å². The molecule has 0 aliphatic carbocycles. The summed E-state index contributed by atoms with van der Waals surface area (Å²) < 4.78 is 38.4. The number of piperazine rings is 1. The van der Waals surface area contributed by atoms with Crippen LogP contribution in [0.15, 0.2) is 70.2 Å². The molecule has 0 bridgehead atoms. The summed E-state index contributed by atoms with van der Waals surface area (Å²) in [5, 5.41) is 3.68. The van der Waals surface area contributed by atoms with Crippen molar-refractivity contribution in [2.24, 2.45) is 0 Å². The molecule has 28 heavy (non-hydrogen) atoms. The maximum atomic E-state index is 13.2. The molecule has 0 atom stereocenters. The molecule has 1 fully saturated rings. The SMILES string of the molecule is COc1cc(-c2ccno2)ccc1S(=O)(=O)N1CCN(c2ccccc2)CC1. The van der Waals surface area contributed by atoms with E-state index in [0.29, 0.717) is 43.3 Å². The minimum atomic E-state index is -3.66. The molecule has 1 aliphatic heterocycles. The molecular formula is C20H21N3O4S. The molecule has 2 aromatic carbocycles. The van der Waals surface area contributed by atoms with Gasteiger partial charge in [-0.2, -0.15) is 4.31 Å². The van der Waals surface area contributed by atoms with E-state index in [-0.39, 0.29) is 4.90 Å². The molecule has 0 N–H and O–H groups in total. The van der Waals surface area contributed by atoms with Crippen molar-refractivity contribution in [3.05, 3.63) is 60.8 Å². The Kier molecular flexibility index (Phi) is 5.06. The summed E-state index contributed by atoms with van der Waals surface area (Å²) in [6, 6.07) is 16.7. The number of ether oxygens (including phenoxy) is 1. The Labute approximate surface area is 164 Å². The lowest BCUT2D eigenvalue weighted by Crippen LogP contribution is -2.48. The van der Waals surface area contributed by atoms with Crippen molar-refractivity contribution in [1.29, 1.82) is 0 Å². The molecule has 8 heteroatoms. The first kappa shape index (κ1) is 18.5. The van der Waals surface area contributed by atoms with Gasteiger partial charge in [-0.05, 0) is 30.3 Å². The van der Waals surface area contributed by atoms with E-state index >= 15 is 0 Å². The van der Waals surface area contributed by atoms with Crippen LogP contribution in [0.3, 0.4) is 0 Å². The van der Waals surface area contributed by atoms with Gasteiger partial charge < -0.3 is 14.2 Å². The third-order valence-corrected chi connectivity index (χ3v) is 6.80. The summed E-state index contributed by atoms with van der Waals surface area (Å²) in [6.45, 7) is 2.12. The molecule has 0 radical (unpaired) electrons. The van der Waals surface area contributed by atoms with Gasteiger partial charge in [0.1, 0.15) is 10.6 Å². The monoisotopic (exact) mass is 399 g/mol. The van der Waals surface area contributed by atoms with Gasteiger partial charge in [0.05, 0.1) is 13.3 Å². The van der Waals surface area contributed by atoms with Crippen molar-refractivity contribution in [2.45, 2.75) is 4.90 Å². The molecule has 0 saturated carbocycles. The van der Waals surface area contributed by atoms with E-state index in [0.717, 1.165) is 5.69 Å². The number of rotatable bonds is 5. The van der Waals surface area contributed by atoms with Crippen LogP contribution in [0.4, 0.5) is 5.69 Å². The fourth-order valence-corrected chi connectivity index (χ4v) is 4.92. The molecule has 7 nitrogen and oxygen atoms in total. The number of methoxy groups -OCH3 is 1. The van der Waals surface area contributed by atoms with Gasteiger partial charge in [0, 0.05) is 43.5 Å². The van der Waals surface area contributed by atoms with E-state index in [1.165, 1.54) is 11.4 Å². The van der Waals surface area contributed by atoms with E-state index in [9.17, 15) is 8.42 Å². The molecule has 1 aliphatic rings. The van der Waals surface area contributed by atoms with Crippen LogP contribution < -0.4 is 9.64 Å². The molecule has 1 saturated heterocycles. The molecular weight excluding hydrogens is 378 g/mol. The smallest absolute Gasteiger partial charge is 0.246 e. The normalized spacial score (nSPS) is 15.5. The predicted molar refractivity (Wildman–Crippen MR) is 106 cm³/mol. The molecule has 146 valence electrons. The third kappa shape index (κ3) is 3.48. The Morgan fingerprint density at radius 1 is 1.00 bits per heavy atom. The Bertz CT molecular complexity index is 1030. The van der Waals surface area contributed by atoms with E-state index in [4.69, 9.17) is 9.26 Å². The number of aromatic nitrogens is 1. The number of hydrogen-bond donors (Lipinski definition) is 0. The van der Waals surface area contributed by atoms with E-state index in [1.54, 1.807) is 30.5 Å². The van der Waals surface area contributed by atoms with Crippen molar-refractivity contribution in [3.8, 4) is 17.1 Å². The zero-order valence-corrected chi connectivity index (χ0v) is 16.3. The average Bonchev–Trinajstić information content (AvgIpc) is 3.29. The first-order valence-corrected chi connectivity index (χ1v) is 10.4. The molecule has 1 aromatic heterocycles. The van der Waals surface area contributed by atoms with Crippen LogP contribution in [-0.4, -0.2) is 51.2 Å². The van der Waals surface area contributed by atoms with Gasteiger partial charge in [0.25, 0.3) is 0 Å². The fraction of sp³-hybridized carbons (Fsp3) is 0.250. The van der Waals surface area contributed by atoms with Crippen molar-refractivity contribution in [2.75, 3.05) is 38.2 Å². The van der Waals surface area contributed by atoms with E-state index in [2.05, 4.69) is 10.1 Å². The molecule has 0 spiro atoms. The molecule has 3 aromatic rings. The lowest BCUT2D eigenvalue weighted by atomic mass is 10.1. The highest BCUT2D eigenvalue weighted by Gasteiger charge is 2.31. The Morgan fingerprint density at radius 3 is 2.39 bits per heavy atom. The molecule has 4 rings (SSSR count). The summed E-state index contributed by atoms with van der Waals surface area (Å²) in [7, 11) is -2.20. The van der Waals surface area contributed by atoms with Gasteiger partial charge in [-0.3, -0.25) is 0 Å². The van der Waals surface area contributed by atoms with Crippen LogP contribution >= 0.6 is 0 Å². The second kappa shape index (κ2) is 7.65. The molecule has 2 heterocycles. The van der Waals surface area contributed by atoms with Crippen LogP contribution in [-0.2, 0) is 10.0 Å². The van der Waals surface area contributed by atoms with Gasteiger partial charge in [-0.25, -0.2) is 8.42 Å². The second-order valence-corrected chi connectivity index (χ2v) is 8.38. The fourth-order valence-electron chi connectivity index (χ4n) is 3.36. The number of benzene rings is 2. The number of sulfonamides is 1. The lowest BCUT2D eigenvalue weighted by molar-refractivity contribution is 0.374. The first-order valence-electron chi connectivity index (χ1n) is 8.99. The van der Waals surface area contributed by atoms with Crippen molar-refractivity contribution < 1.29 is 17.7 Å².